The fraction of sp³-hybridized carbons (Fsp3) is 0.500. The van der Waals surface area contributed by atoms with Crippen molar-refractivity contribution in [2.24, 2.45) is 11.7 Å². The van der Waals surface area contributed by atoms with Crippen LogP contribution in [0.3, 0.4) is 0 Å². The number of hydrogen-bond acceptors (Lipinski definition) is 3. The van der Waals surface area contributed by atoms with Crippen LogP contribution >= 0.6 is 39.9 Å². The first-order valence-corrected chi connectivity index (χ1v) is 8.71. The molecule has 2 rings (SSSR count). The fourth-order valence-corrected chi connectivity index (χ4v) is 4.16. The molecule has 4 nitrogen and oxygen atoms in total. The molecule has 114 valence electrons. The van der Waals surface area contributed by atoms with Crippen molar-refractivity contribution in [3.05, 3.63) is 27.7 Å². The van der Waals surface area contributed by atoms with Crippen LogP contribution in [0.2, 0.25) is 5.02 Å². The van der Waals surface area contributed by atoms with Gasteiger partial charge in [-0.05, 0) is 59.4 Å². The summed E-state index contributed by atoms with van der Waals surface area (Å²) in [7, 11) is -3.45. The topological polar surface area (TPSA) is 63.4 Å². The van der Waals surface area contributed by atoms with Crippen molar-refractivity contribution in [2.75, 3.05) is 19.6 Å². The molecule has 1 aliphatic heterocycles. The molecule has 1 fully saturated rings. The van der Waals surface area contributed by atoms with Gasteiger partial charge in [0.2, 0.25) is 10.0 Å². The van der Waals surface area contributed by atoms with E-state index in [1.165, 1.54) is 10.4 Å². The molecule has 1 aromatic rings. The third-order valence-corrected chi connectivity index (χ3v) is 6.56. The number of halogens is 3. The first-order chi connectivity index (χ1) is 8.95. The molecule has 0 radical (unpaired) electrons. The van der Waals surface area contributed by atoms with Crippen LogP contribution in [-0.2, 0) is 10.0 Å². The van der Waals surface area contributed by atoms with E-state index in [4.69, 9.17) is 17.3 Å². The molecular weight excluding hydrogens is 387 g/mol. The Balaban J connectivity index is 0.00000200. The molecule has 0 amide bonds. The summed E-state index contributed by atoms with van der Waals surface area (Å²) >= 11 is 9.21. The summed E-state index contributed by atoms with van der Waals surface area (Å²) in [6, 6.07) is 4.71. The molecule has 0 saturated carbocycles. The Morgan fingerprint density at radius 3 is 2.45 bits per heavy atom. The molecule has 0 bridgehead atoms. The van der Waals surface area contributed by atoms with Crippen molar-refractivity contribution < 1.29 is 8.42 Å². The van der Waals surface area contributed by atoms with Gasteiger partial charge < -0.3 is 5.73 Å². The Bertz CT molecular complexity index is 561. The van der Waals surface area contributed by atoms with Gasteiger partial charge in [-0.1, -0.05) is 11.6 Å². The van der Waals surface area contributed by atoms with E-state index in [0.29, 0.717) is 35.0 Å². The minimum absolute atomic E-state index is 0. The van der Waals surface area contributed by atoms with Gasteiger partial charge in [0.15, 0.2) is 0 Å². The Kier molecular flexibility index (Phi) is 6.76. The standard InChI is InChI=1S/C12H16BrClN2O2S.ClH/c13-11-2-1-10(7-12(11)14)19(17,18)16-5-3-9(8-15)4-6-16;/h1-2,7,9H,3-6,8,15H2;1H. The summed E-state index contributed by atoms with van der Waals surface area (Å²) in [5, 5.41) is 0.401. The lowest BCUT2D eigenvalue weighted by molar-refractivity contribution is 0.278. The van der Waals surface area contributed by atoms with E-state index in [1.54, 1.807) is 12.1 Å². The molecule has 1 heterocycles. The second-order valence-corrected chi connectivity index (χ2v) is 7.86. The molecule has 0 spiro atoms. The number of rotatable bonds is 3. The van der Waals surface area contributed by atoms with Crippen LogP contribution < -0.4 is 5.73 Å². The van der Waals surface area contributed by atoms with Gasteiger partial charge in [0, 0.05) is 17.6 Å². The Morgan fingerprint density at radius 1 is 1.35 bits per heavy atom. The predicted octanol–water partition coefficient (Wildman–Crippen LogP) is 2.88. The molecule has 2 N–H and O–H groups in total. The second kappa shape index (κ2) is 7.42. The van der Waals surface area contributed by atoms with E-state index < -0.39 is 10.0 Å². The van der Waals surface area contributed by atoms with Crippen LogP contribution in [0.4, 0.5) is 0 Å². The monoisotopic (exact) mass is 402 g/mol. The molecular formula is C12H17BrCl2N2O2S. The third kappa shape index (κ3) is 3.87. The average Bonchev–Trinajstić information content (AvgIpc) is 2.41. The van der Waals surface area contributed by atoms with E-state index in [1.807, 2.05) is 0 Å². The maximum absolute atomic E-state index is 12.5. The van der Waals surface area contributed by atoms with E-state index in [9.17, 15) is 8.42 Å². The summed E-state index contributed by atoms with van der Waals surface area (Å²) in [5.74, 6) is 0.431. The van der Waals surface area contributed by atoms with Gasteiger partial charge in [-0.2, -0.15) is 4.31 Å². The van der Waals surface area contributed by atoms with Crippen molar-refractivity contribution in [1.29, 1.82) is 0 Å². The quantitative estimate of drug-likeness (QED) is 0.843. The zero-order valence-corrected chi connectivity index (χ0v) is 14.7. The van der Waals surface area contributed by atoms with Crippen molar-refractivity contribution in [1.82, 2.24) is 4.31 Å². The first kappa shape index (κ1) is 18.2. The number of sulfonamides is 1. The van der Waals surface area contributed by atoms with Gasteiger partial charge in [-0.3, -0.25) is 0 Å². The lowest BCUT2D eigenvalue weighted by Crippen LogP contribution is -2.40. The number of nitrogens with two attached hydrogens (primary N) is 1. The molecule has 1 saturated heterocycles. The lowest BCUT2D eigenvalue weighted by atomic mass is 9.99. The SMILES string of the molecule is Cl.NCC1CCN(S(=O)(=O)c2ccc(Br)c(Cl)c2)CC1. The van der Waals surface area contributed by atoms with Gasteiger partial charge in [-0.25, -0.2) is 8.42 Å². The summed E-state index contributed by atoms with van der Waals surface area (Å²) in [4.78, 5) is 0.242. The number of piperidine rings is 1. The number of benzene rings is 1. The molecule has 0 unspecified atom stereocenters. The van der Waals surface area contributed by atoms with Crippen LogP contribution in [0.15, 0.2) is 27.6 Å². The van der Waals surface area contributed by atoms with Gasteiger partial charge in [0.25, 0.3) is 0 Å². The average molecular weight is 404 g/mol. The van der Waals surface area contributed by atoms with E-state index in [-0.39, 0.29) is 17.3 Å². The van der Waals surface area contributed by atoms with Gasteiger partial charge >= 0.3 is 0 Å². The Morgan fingerprint density at radius 2 is 1.95 bits per heavy atom. The predicted molar refractivity (Wildman–Crippen MR) is 86.9 cm³/mol. The van der Waals surface area contributed by atoms with Crippen molar-refractivity contribution in [3.63, 3.8) is 0 Å². The molecule has 0 aliphatic carbocycles. The maximum Gasteiger partial charge on any atom is 0.243 e. The smallest absolute Gasteiger partial charge is 0.243 e. The van der Waals surface area contributed by atoms with Crippen molar-refractivity contribution in [3.8, 4) is 0 Å². The molecule has 0 aromatic heterocycles. The highest BCUT2D eigenvalue weighted by Gasteiger charge is 2.29. The highest BCUT2D eigenvalue weighted by atomic mass is 79.9. The maximum atomic E-state index is 12.5. The summed E-state index contributed by atoms with van der Waals surface area (Å²) in [5.41, 5.74) is 5.61. The van der Waals surface area contributed by atoms with Crippen LogP contribution in [0.25, 0.3) is 0 Å². The van der Waals surface area contributed by atoms with Crippen molar-refractivity contribution >= 4 is 50.0 Å². The first-order valence-electron chi connectivity index (χ1n) is 6.10. The molecule has 20 heavy (non-hydrogen) atoms. The number of nitrogens with zero attached hydrogens (tertiary/aromatic N) is 1. The molecule has 1 aliphatic rings. The van der Waals surface area contributed by atoms with E-state index in [0.717, 1.165) is 12.8 Å². The van der Waals surface area contributed by atoms with Crippen molar-refractivity contribution in [2.45, 2.75) is 17.7 Å². The molecule has 0 atom stereocenters. The molecule has 1 aromatic carbocycles. The molecule has 8 heteroatoms. The van der Waals surface area contributed by atoms with Crippen LogP contribution in [0.1, 0.15) is 12.8 Å². The minimum atomic E-state index is -3.45. The van der Waals surface area contributed by atoms with Crippen LogP contribution in [-0.4, -0.2) is 32.4 Å². The van der Waals surface area contributed by atoms with Gasteiger partial charge in [0.1, 0.15) is 0 Å². The summed E-state index contributed by atoms with van der Waals surface area (Å²) in [6.45, 7) is 1.67. The zero-order valence-electron chi connectivity index (χ0n) is 10.8. The summed E-state index contributed by atoms with van der Waals surface area (Å²) in [6.07, 6.45) is 1.64. The lowest BCUT2D eigenvalue weighted by Gasteiger charge is -2.30. The Hall–Kier alpha value is 0.150. The number of hydrogen-bond donors (Lipinski definition) is 1. The highest BCUT2D eigenvalue weighted by molar-refractivity contribution is 9.10. The third-order valence-electron chi connectivity index (χ3n) is 3.44. The minimum Gasteiger partial charge on any atom is -0.330 e. The van der Waals surface area contributed by atoms with Gasteiger partial charge in [-0.15, -0.1) is 12.4 Å². The van der Waals surface area contributed by atoms with Crippen LogP contribution in [0.5, 0.6) is 0 Å². The van der Waals surface area contributed by atoms with E-state index in [2.05, 4.69) is 15.9 Å². The fourth-order valence-electron chi connectivity index (χ4n) is 2.17. The Labute approximate surface area is 139 Å². The highest BCUT2D eigenvalue weighted by Crippen LogP contribution is 2.28. The zero-order chi connectivity index (χ0) is 14.0. The second-order valence-electron chi connectivity index (χ2n) is 4.66. The van der Waals surface area contributed by atoms with Crippen LogP contribution in [0, 0.1) is 5.92 Å². The summed E-state index contributed by atoms with van der Waals surface area (Å²) < 4.78 is 27.1. The normalized spacial score (nSPS) is 17.8. The van der Waals surface area contributed by atoms with Gasteiger partial charge in [0.05, 0.1) is 9.92 Å². The van der Waals surface area contributed by atoms with E-state index >= 15 is 0 Å². The largest absolute Gasteiger partial charge is 0.330 e.